The molecule has 1 unspecified atom stereocenters. The van der Waals surface area contributed by atoms with E-state index in [0.717, 1.165) is 19.1 Å². The lowest BCUT2D eigenvalue weighted by Gasteiger charge is -2.45. The van der Waals surface area contributed by atoms with Crippen molar-refractivity contribution < 1.29 is 4.74 Å². The van der Waals surface area contributed by atoms with Crippen molar-refractivity contribution in [2.75, 3.05) is 13.2 Å². The second kappa shape index (κ2) is 4.89. The first-order valence-corrected chi connectivity index (χ1v) is 7.38. The number of nitrogens with two attached hydrogens (primary N) is 1. The van der Waals surface area contributed by atoms with Gasteiger partial charge in [0.25, 0.3) is 0 Å². The molecule has 1 spiro atoms. The number of hydrogen-bond donors (Lipinski definition) is 1. The Hall–Kier alpha value is -0.0800. The van der Waals surface area contributed by atoms with Crippen LogP contribution in [0.25, 0.3) is 0 Å². The van der Waals surface area contributed by atoms with Crippen LogP contribution in [0.4, 0.5) is 0 Å². The zero-order valence-corrected chi connectivity index (χ0v) is 11.8. The lowest BCUT2D eigenvalue weighted by molar-refractivity contribution is -0.0692. The fourth-order valence-corrected chi connectivity index (χ4v) is 3.85. The van der Waals surface area contributed by atoms with E-state index in [1.165, 1.54) is 38.5 Å². The Balaban J connectivity index is 1.98. The summed E-state index contributed by atoms with van der Waals surface area (Å²) in [6, 6.07) is 0. The van der Waals surface area contributed by atoms with Gasteiger partial charge in [-0.15, -0.1) is 0 Å². The minimum atomic E-state index is 0.162. The van der Waals surface area contributed by atoms with Crippen molar-refractivity contribution in [3.63, 3.8) is 0 Å². The molecular formula is C15H29NO. The minimum Gasteiger partial charge on any atom is -0.375 e. The van der Waals surface area contributed by atoms with Crippen LogP contribution in [0.3, 0.4) is 0 Å². The Morgan fingerprint density at radius 2 is 1.88 bits per heavy atom. The molecule has 17 heavy (non-hydrogen) atoms. The molecule has 2 fully saturated rings. The molecule has 2 heteroatoms. The fraction of sp³-hybridized carbons (Fsp3) is 1.00. The van der Waals surface area contributed by atoms with Crippen LogP contribution >= 0.6 is 0 Å². The van der Waals surface area contributed by atoms with Crippen molar-refractivity contribution in [3.05, 3.63) is 0 Å². The Bertz CT molecular complexity index is 254. The minimum absolute atomic E-state index is 0.162. The molecule has 0 bridgehead atoms. The van der Waals surface area contributed by atoms with Gasteiger partial charge in [0.1, 0.15) is 0 Å². The first kappa shape index (κ1) is 13.4. The van der Waals surface area contributed by atoms with Gasteiger partial charge in [0, 0.05) is 12.5 Å². The average Bonchev–Trinajstić information content (AvgIpc) is 2.72. The zero-order chi connectivity index (χ0) is 12.5. The topological polar surface area (TPSA) is 35.2 Å². The molecule has 1 heterocycles. The van der Waals surface area contributed by atoms with Gasteiger partial charge in [-0.05, 0) is 50.0 Å². The van der Waals surface area contributed by atoms with E-state index in [1.54, 1.807) is 0 Å². The fourth-order valence-electron chi connectivity index (χ4n) is 3.85. The van der Waals surface area contributed by atoms with Crippen molar-refractivity contribution in [1.82, 2.24) is 0 Å². The third-order valence-corrected chi connectivity index (χ3v) is 5.73. The maximum absolute atomic E-state index is 6.10. The third-order valence-electron chi connectivity index (χ3n) is 5.73. The second-order valence-corrected chi connectivity index (χ2v) is 6.75. The van der Waals surface area contributed by atoms with Crippen LogP contribution in [-0.4, -0.2) is 18.8 Å². The standard InChI is InChI=1S/C15H29NO/c1-4-14(2,3)12-5-8-15(9-6-12)13(11-16)7-10-17-15/h12-13H,4-11,16H2,1-3H3. The molecule has 2 aliphatic rings. The molecule has 1 saturated heterocycles. The van der Waals surface area contributed by atoms with Crippen LogP contribution < -0.4 is 5.73 Å². The Morgan fingerprint density at radius 3 is 2.41 bits per heavy atom. The first-order valence-electron chi connectivity index (χ1n) is 7.38. The summed E-state index contributed by atoms with van der Waals surface area (Å²) in [7, 11) is 0. The van der Waals surface area contributed by atoms with Crippen LogP contribution in [0, 0.1) is 17.3 Å². The molecule has 0 radical (unpaired) electrons. The molecule has 2 rings (SSSR count). The lowest BCUT2D eigenvalue weighted by atomic mass is 9.64. The number of hydrogen-bond acceptors (Lipinski definition) is 2. The van der Waals surface area contributed by atoms with Gasteiger partial charge in [-0.2, -0.15) is 0 Å². The average molecular weight is 239 g/mol. The molecule has 100 valence electrons. The molecule has 0 aromatic carbocycles. The highest BCUT2D eigenvalue weighted by Crippen LogP contribution is 2.49. The van der Waals surface area contributed by atoms with Crippen molar-refractivity contribution in [1.29, 1.82) is 0 Å². The predicted octanol–water partition coefficient (Wildman–Crippen LogP) is 3.35. The summed E-state index contributed by atoms with van der Waals surface area (Å²) < 4.78 is 6.10. The molecule has 2 nitrogen and oxygen atoms in total. The molecule has 1 aliphatic heterocycles. The molecule has 0 aromatic rings. The van der Waals surface area contributed by atoms with Gasteiger partial charge >= 0.3 is 0 Å². The lowest BCUT2D eigenvalue weighted by Crippen LogP contribution is -2.44. The maximum Gasteiger partial charge on any atom is 0.0723 e. The molecule has 2 N–H and O–H groups in total. The van der Waals surface area contributed by atoms with Crippen LogP contribution in [0.5, 0.6) is 0 Å². The quantitative estimate of drug-likeness (QED) is 0.819. The van der Waals surface area contributed by atoms with Crippen LogP contribution in [-0.2, 0) is 4.74 Å². The summed E-state index contributed by atoms with van der Waals surface area (Å²) in [4.78, 5) is 0. The van der Waals surface area contributed by atoms with Crippen molar-refractivity contribution in [2.24, 2.45) is 23.0 Å². The molecular weight excluding hydrogens is 210 g/mol. The summed E-state index contributed by atoms with van der Waals surface area (Å²) >= 11 is 0. The van der Waals surface area contributed by atoms with Gasteiger partial charge in [0.2, 0.25) is 0 Å². The number of rotatable bonds is 3. The monoisotopic (exact) mass is 239 g/mol. The van der Waals surface area contributed by atoms with E-state index in [1.807, 2.05) is 0 Å². The Kier molecular flexibility index (Phi) is 3.84. The molecule has 1 saturated carbocycles. The van der Waals surface area contributed by atoms with Crippen LogP contribution in [0.15, 0.2) is 0 Å². The summed E-state index contributed by atoms with van der Waals surface area (Å²) in [5.74, 6) is 1.49. The maximum atomic E-state index is 6.10. The Morgan fingerprint density at radius 1 is 1.24 bits per heavy atom. The van der Waals surface area contributed by atoms with E-state index in [4.69, 9.17) is 10.5 Å². The highest BCUT2D eigenvalue weighted by Gasteiger charge is 2.47. The van der Waals surface area contributed by atoms with Gasteiger partial charge in [-0.1, -0.05) is 27.2 Å². The van der Waals surface area contributed by atoms with Crippen molar-refractivity contribution in [2.45, 2.75) is 64.9 Å². The third kappa shape index (κ3) is 2.39. The van der Waals surface area contributed by atoms with Crippen molar-refractivity contribution >= 4 is 0 Å². The molecule has 0 amide bonds. The summed E-state index contributed by atoms with van der Waals surface area (Å²) in [5.41, 5.74) is 6.57. The smallest absolute Gasteiger partial charge is 0.0723 e. The van der Waals surface area contributed by atoms with E-state index in [9.17, 15) is 0 Å². The highest BCUT2D eigenvalue weighted by molar-refractivity contribution is 4.98. The largest absolute Gasteiger partial charge is 0.375 e. The molecule has 1 atom stereocenters. The van der Waals surface area contributed by atoms with Crippen LogP contribution in [0.1, 0.15) is 59.3 Å². The van der Waals surface area contributed by atoms with E-state index >= 15 is 0 Å². The Labute approximate surface area is 106 Å². The summed E-state index contributed by atoms with van der Waals surface area (Å²) in [5, 5.41) is 0. The SMILES string of the molecule is CCC(C)(C)C1CCC2(CC1)OCCC2CN. The molecule has 0 aromatic heterocycles. The molecule has 1 aliphatic carbocycles. The normalized spacial score (nSPS) is 38.8. The van der Waals surface area contributed by atoms with Gasteiger partial charge in [0.05, 0.1) is 5.60 Å². The van der Waals surface area contributed by atoms with E-state index in [2.05, 4.69) is 20.8 Å². The van der Waals surface area contributed by atoms with E-state index in [-0.39, 0.29) is 5.60 Å². The number of ether oxygens (including phenoxy) is 1. The predicted molar refractivity (Wildman–Crippen MR) is 71.9 cm³/mol. The van der Waals surface area contributed by atoms with Gasteiger partial charge in [-0.25, -0.2) is 0 Å². The second-order valence-electron chi connectivity index (χ2n) is 6.75. The van der Waals surface area contributed by atoms with Gasteiger partial charge < -0.3 is 10.5 Å². The highest BCUT2D eigenvalue weighted by atomic mass is 16.5. The van der Waals surface area contributed by atoms with E-state index in [0.29, 0.717) is 11.3 Å². The van der Waals surface area contributed by atoms with E-state index < -0.39 is 0 Å². The van der Waals surface area contributed by atoms with Gasteiger partial charge in [0.15, 0.2) is 0 Å². The van der Waals surface area contributed by atoms with Crippen LogP contribution in [0.2, 0.25) is 0 Å². The summed E-state index contributed by atoms with van der Waals surface area (Å²) in [6.07, 6.45) is 7.60. The van der Waals surface area contributed by atoms with Crippen molar-refractivity contribution in [3.8, 4) is 0 Å². The van der Waals surface area contributed by atoms with Gasteiger partial charge in [-0.3, -0.25) is 0 Å². The zero-order valence-electron chi connectivity index (χ0n) is 11.8. The summed E-state index contributed by atoms with van der Waals surface area (Å²) in [6.45, 7) is 8.90. The first-order chi connectivity index (χ1) is 8.04.